The van der Waals surface area contributed by atoms with Crippen LogP contribution in [0.2, 0.25) is 0 Å². The van der Waals surface area contributed by atoms with Crippen molar-refractivity contribution in [1.29, 1.82) is 0 Å². The Balaban J connectivity index is 2.23. The second-order valence-corrected chi connectivity index (χ2v) is 8.71. The molecule has 124 valence electrons. The highest BCUT2D eigenvalue weighted by Gasteiger charge is 2.45. The van der Waals surface area contributed by atoms with Gasteiger partial charge in [0.2, 0.25) is 0 Å². The molecule has 1 aliphatic heterocycles. The molecule has 0 spiro atoms. The topological polar surface area (TPSA) is 151 Å². The summed E-state index contributed by atoms with van der Waals surface area (Å²) in [5.74, 6) is -0.782. The van der Waals surface area contributed by atoms with E-state index in [4.69, 9.17) is 27.2 Å². The molecule has 4 N–H and O–H groups in total. The molecule has 0 saturated carbocycles. The number of nitrogens with zero attached hydrogens (tertiary/aromatic N) is 1. The Hall–Kier alpha value is -0.870. The summed E-state index contributed by atoms with van der Waals surface area (Å²) in [6, 6.07) is 0. The summed E-state index contributed by atoms with van der Waals surface area (Å²) >= 11 is 10.4. The Morgan fingerprint density at radius 1 is 1.36 bits per heavy atom. The minimum atomic E-state index is -3.86. The molecule has 0 amide bonds. The smallest absolute Gasteiger partial charge is 0.380 e. The van der Waals surface area contributed by atoms with Gasteiger partial charge in [-0.3, -0.25) is 18.9 Å². The fourth-order valence-corrected chi connectivity index (χ4v) is 2.58. The van der Waals surface area contributed by atoms with Gasteiger partial charge in [-0.05, 0) is 22.5 Å². The summed E-state index contributed by atoms with van der Waals surface area (Å²) in [6.07, 6.45) is -8.81. The number of hydrogen-bond acceptors (Lipinski definition) is 8. The van der Waals surface area contributed by atoms with E-state index in [1.807, 2.05) is 0 Å². The molecule has 1 fully saturated rings. The van der Waals surface area contributed by atoms with Crippen molar-refractivity contribution in [3.63, 3.8) is 0 Å². The number of aromatic amines is 1. The molecule has 0 radical (unpaired) electrons. The number of halogens is 2. The van der Waals surface area contributed by atoms with Gasteiger partial charge in [0.25, 0.3) is 5.56 Å². The highest BCUT2D eigenvalue weighted by Crippen LogP contribution is 2.57. The molecular weight excluding hydrogens is 366 g/mol. The van der Waals surface area contributed by atoms with Gasteiger partial charge in [0, 0.05) is 0 Å². The van der Waals surface area contributed by atoms with E-state index < -0.39 is 54.2 Å². The molecule has 10 nitrogen and oxygen atoms in total. The number of nitrogens with one attached hydrogen (secondary N) is 1. The molecule has 1 saturated heterocycles. The third kappa shape index (κ3) is 3.72. The Morgan fingerprint density at radius 2 is 2.00 bits per heavy atom. The number of ether oxygens (including phenoxy) is 1. The second-order valence-electron chi connectivity index (χ2n) is 4.44. The first kappa shape index (κ1) is 17.5. The van der Waals surface area contributed by atoms with Gasteiger partial charge in [-0.25, -0.2) is 4.79 Å². The van der Waals surface area contributed by atoms with Crippen LogP contribution < -0.4 is 11.2 Å². The Bertz CT molecular complexity index is 714. The van der Waals surface area contributed by atoms with E-state index in [-0.39, 0.29) is 0 Å². The van der Waals surface area contributed by atoms with Crippen LogP contribution in [0.4, 0.5) is 0 Å². The lowest BCUT2D eigenvalue weighted by atomic mass is 10.1. The summed E-state index contributed by atoms with van der Waals surface area (Å²) in [5, 5.41) is 29.0. The zero-order valence-corrected chi connectivity index (χ0v) is 13.0. The van der Waals surface area contributed by atoms with Crippen molar-refractivity contribution in [2.24, 2.45) is 0 Å². The van der Waals surface area contributed by atoms with E-state index in [0.717, 1.165) is 6.20 Å². The summed E-state index contributed by atoms with van der Waals surface area (Å²) in [7, 11) is 0. The van der Waals surface area contributed by atoms with Crippen molar-refractivity contribution in [2.75, 3.05) is 6.61 Å². The number of hydrogen-bond donors (Lipinski definition) is 4. The quantitative estimate of drug-likeness (QED) is 0.511. The Labute approximate surface area is 131 Å². The third-order valence-corrected chi connectivity index (χ3v) is 3.98. The average Bonchev–Trinajstić information content (AvgIpc) is 2.68. The summed E-state index contributed by atoms with van der Waals surface area (Å²) in [5.41, 5.74) is -1.99. The largest absolute Gasteiger partial charge is 0.502 e. The van der Waals surface area contributed by atoms with Crippen LogP contribution >= 0.6 is 28.6 Å². The van der Waals surface area contributed by atoms with Crippen LogP contribution in [0.5, 0.6) is 5.75 Å². The minimum Gasteiger partial charge on any atom is -0.502 e. The standard InChI is InChI=1S/C9H11Cl2N2O8P/c10-22(11,19)20-2-4-5(15)6(16)8(21-4)13-1-3(14)7(17)12-9(13)18/h1,4-6,8,14-16H,2H2,(H,12,17,18)/t4-,5+,6+,8-/m1/s1. The molecule has 0 unspecified atom stereocenters. The fraction of sp³-hybridized carbons (Fsp3) is 0.556. The molecule has 22 heavy (non-hydrogen) atoms. The van der Waals surface area contributed by atoms with Gasteiger partial charge in [0.05, 0.1) is 12.8 Å². The fourth-order valence-electron chi connectivity index (χ4n) is 1.92. The van der Waals surface area contributed by atoms with Crippen LogP contribution in [-0.4, -0.2) is 49.8 Å². The van der Waals surface area contributed by atoms with Crippen molar-refractivity contribution < 1.29 is 29.1 Å². The van der Waals surface area contributed by atoms with Crippen molar-refractivity contribution in [3.05, 3.63) is 27.0 Å². The number of aromatic hydroxyl groups is 1. The molecule has 1 aliphatic rings. The van der Waals surface area contributed by atoms with E-state index in [1.165, 1.54) is 0 Å². The molecule has 4 atom stereocenters. The molecule has 1 aromatic heterocycles. The number of aliphatic hydroxyl groups excluding tert-OH is 2. The monoisotopic (exact) mass is 376 g/mol. The van der Waals surface area contributed by atoms with E-state index in [9.17, 15) is 29.5 Å². The van der Waals surface area contributed by atoms with Crippen LogP contribution in [0.1, 0.15) is 6.23 Å². The van der Waals surface area contributed by atoms with Gasteiger partial charge >= 0.3 is 11.8 Å². The predicted octanol–water partition coefficient (Wildman–Crippen LogP) is -0.536. The Morgan fingerprint density at radius 3 is 2.59 bits per heavy atom. The zero-order valence-electron chi connectivity index (χ0n) is 10.6. The molecule has 0 aromatic carbocycles. The number of rotatable bonds is 4. The minimum absolute atomic E-state index is 0.511. The molecule has 1 aromatic rings. The summed E-state index contributed by atoms with van der Waals surface area (Å²) in [4.78, 5) is 24.5. The van der Waals surface area contributed by atoms with Crippen molar-refractivity contribution in [3.8, 4) is 5.75 Å². The van der Waals surface area contributed by atoms with Crippen LogP contribution in [0.25, 0.3) is 0 Å². The average molecular weight is 377 g/mol. The lowest BCUT2D eigenvalue weighted by Crippen LogP contribution is -2.37. The predicted molar refractivity (Wildman–Crippen MR) is 74.2 cm³/mol. The molecule has 0 bridgehead atoms. The molecule has 13 heteroatoms. The third-order valence-electron chi connectivity index (χ3n) is 2.95. The van der Waals surface area contributed by atoms with Gasteiger partial charge in [0.1, 0.15) is 18.3 Å². The molecular formula is C9H11Cl2N2O8P. The van der Waals surface area contributed by atoms with Gasteiger partial charge < -0.3 is 24.6 Å². The summed E-state index contributed by atoms with van der Waals surface area (Å²) in [6.45, 7) is -0.511. The van der Waals surface area contributed by atoms with E-state index >= 15 is 0 Å². The maximum atomic E-state index is 11.7. The lowest BCUT2D eigenvalue weighted by molar-refractivity contribution is -0.0510. The normalized spacial score (nSPS) is 28.9. The number of H-pyrrole nitrogens is 1. The van der Waals surface area contributed by atoms with Gasteiger partial charge in [0.15, 0.2) is 12.0 Å². The molecule has 2 rings (SSSR count). The van der Waals surface area contributed by atoms with E-state index in [0.29, 0.717) is 4.57 Å². The molecule has 0 aliphatic carbocycles. The summed E-state index contributed by atoms with van der Waals surface area (Å²) < 4.78 is 21.5. The zero-order chi connectivity index (χ0) is 16.7. The van der Waals surface area contributed by atoms with Crippen LogP contribution in [0, 0.1) is 0 Å². The highest BCUT2D eigenvalue weighted by atomic mass is 35.9. The maximum absolute atomic E-state index is 11.7. The SMILES string of the molecule is O=c1[nH]c(=O)n([C@@H]2O[C@H](COP(=O)(Cl)Cl)[C@H](O)[C@@H]2O)cc1O. The van der Waals surface area contributed by atoms with Crippen molar-refractivity contribution in [2.45, 2.75) is 24.5 Å². The lowest BCUT2D eigenvalue weighted by Gasteiger charge is -2.17. The van der Waals surface area contributed by atoms with E-state index in [2.05, 4.69) is 4.52 Å². The first-order valence-electron chi connectivity index (χ1n) is 5.80. The Kier molecular flexibility index (Phi) is 5.03. The van der Waals surface area contributed by atoms with Crippen LogP contribution in [-0.2, 0) is 13.8 Å². The molecule has 2 heterocycles. The van der Waals surface area contributed by atoms with Gasteiger partial charge in [-0.2, -0.15) is 0 Å². The van der Waals surface area contributed by atoms with Crippen molar-refractivity contribution >= 4 is 28.6 Å². The van der Waals surface area contributed by atoms with Crippen LogP contribution in [0.3, 0.4) is 0 Å². The van der Waals surface area contributed by atoms with Gasteiger partial charge in [-0.1, -0.05) is 0 Å². The van der Waals surface area contributed by atoms with Gasteiger partial charge in [-0.15, -0.1) is 0 Å². The first-order chi connectivity index (χ1) is 10.1. The van der Waals surface area contributed by atoms with Crippen LogP contribution in [0.15, 0.2) is 15.8 Å². The first-order valence-corrected chi connectivity index (χ1v) is 9.23. The van der Waals surface area contributed by atoms with E-state index in [1.54, 1.807) is 4.98 Å². The number of aromatic nitrogens is 2. The van der Waals surface area contributed by atoms with Crippen molar-refractivity contribution in [1.82, 2.24) is 9.55 Å². The number of aliphatic hydroxyl groups is 2. The highest BCUT2D eigenvalue weighted by molar-refractivity contribution is 8.05. The maximum Gasteiger partial charge on any atom is 0.380 e. The second kappa shape index (κ2) is 6.32.